The molecule has 0 radical (unpaired) electrons. The number of aromatic nitrogens is 4. The van der Waals surface area contributed by atoms with Gasteiger partial charge in [0, 0.05) is 43.7 Å². The molecule has 10 aromatic carbocycles. The Balaban J connectivity index is 0.983. The second-order valence-corrected chi connectivity index (χ2v) is 17.9. The average Bonchev–Trinajstić information content (AvgIpc) is 3.81. The van der Waals surface area contributed by atoms with Crippen LogP contribution in [0.5, 0.6) is 0 Å². The van der Waals surface area contributed by atoms with Gasteiger partial charge in [-0.1, -0.05) is 178 Å². The number of pyridine rings is 1. The van der Waals surface area contributed by atoms with E-state index in [0.717, 1.165) is 27.5 Å². The quantitative estimate of drug-likeness (QED) is 0.131. The van der Waals surface area contributed by atoms with Crippen LogP contribution in [-0.2, 0) is 5.41 Å². The molecule has 4 nitrogen and oxygen atoms in total. The molecule has 0 bridgehead atoms. The topological polar surface area (TPSA) is 43.1 Å². The van der Waals surface area contributed by atoms with E-state index in [9.17, 15) is 0 Å². The van der Waals surface area contributed by atoms with E-state index in [1.165, 1.54) is 93.0 Å². The number of hydrogen-bond acceptors (Lipinski definition) is 3. The Morgan fingerprint density at radius 3 is 1.86 bits per heavy atom. The number of rotatable bonds is 4. The van der Waals surface area contributed by atoms with E-state index in [0.29, 0.717) is 17.5 Å². The molecule has 1 aliphatic carbocycles. The lowest BCUT2D eigenvalue weighted by atomic mass is 9.82. The lowest BCUT2D eigenvalue weighted by Crippen LogP contribution is -2.14. The largest absolute Gasteiger partial charge is 0.308 e. The summed E-state index contributed by atoms with van der Waals surface area (Å²) in [6.07, 6.45) is 0. The summed E-state index contributed by atoms with van der Waals surface area (Å²) in [5.74, 6) is 1.98. The van der Waals surface area contributed by atoms with Gasteiger partial charge < -0.3 is 4.40 Å². The highest BCUT2D eigenvalue weighted by Crippen LogP contribution is 2.52. The number of benzene rings is 10. The van der Waals surface area contributed by atoms with E-state index in [1.54, 1.807) is 0 Å². The molecule has 64 heavy (non-hydrogen) atoms. The van der Waals surface area contributed by atoms with Crippen LogP contribution in [-0.4, -0.2) is 19.4 Å². The van der Waals surface area contributed by atoms with Gasteiger partial charge in [0.1, 0.15) is 0 Å². The van der Waals surface area contributed by atoms with Crippen molar-refractivity contribution in [3.63, 3.8) is 0 Å². The average molecular weight is 815 g/mol. The Kier molecular flexibility index (Phi) is 7.14. The fourth-order valence-corrected chi connectivity index (χ4v) is 11.2. The summed E-state index contributed by atoms with van der Waals surface area (Å²) in [7, 11) is 0. The van der Waals surface area contributed by atoms with Gasteiger partial charge >= 0.3 is 0 Å². The molecule has 4 heteroatoms. The minimum absolute atomic E-state index is 0.142. The van der Waals surface area contributed by atoms with Gasteiger partial charge in [-0.15, -0.1) is 0 Å². The minimum atomic E-state index is -0.142. The molecule has 0 aliphatic heterocycles. The van der Waals surface area contributed by atoms with Crippen molar-refractivity contribution in [3.05, 3.63) is 205 Å². The molecule has 0 saturated heterocycles. The van der Waals surface area contributed by atoms with E-state index in [2.05, 4.69) is 194 Å². The minimum Gasteiger partial charge on any atom is -0.308 e. The standard InChI is InChI=1S/C60H38N4/c1-60(2)50-24-8-6-19-45(50)55-46(23-13-25-51(55)60)59-62-57(37-14-4-3-5-15-37)61-58(63-59)44-22-12-20-40-41(44)31-30-35-28-29-38(32-47(35)40)39-33-48-42-18-7-9-26-52(42)64-53-27-11-17-36-16-10-21-43(54(36)53)49(34-39)56(48)64/h3-34H,1-2H3. The van der Waals surface area contributed by atoms with Crippen molar-refractivity contribution in [2.75, 3.05) is 0 Å². The highest BCUT2D eigenvalue weighted by atomic mass is 15.0. The van der Waals surface area contributed by atoms with E-state index in [1.807, 2.05) is 18.2 Å². The molecule has 298 valence electrons. The maximum Gasteiger partial charge on any atom is 0.164 e. The third-order valence-electron chi connectivity index (χ3n) is 14.2. The van der Waals surface area contributed by atoms with Gasteiger partial charge in [-0.25, -0.2) is 15.0 Å². The fraction of sp³-hybridized carbons (Fsp3) is 0.0500. The van der Waals surface area contributed by atoms with Crippen LogP contribution in [0.4, 0.5) is 0 Å². The van der Waals surface area contributed by atoms with E-state index < -0.39 is 0 Å². The van der Waals surface area contributed by atoms with Crippen molar-refractivity contribution in [2.24, 2.45) is 0 Å². The third kappa shape index (κ3) is 4.85. The highest BCUT2D eigenvalue weighted by molar-refractivity contribution is 6.28. The summed E-state index contributed by atoms with van der Waals surface area (Å²) in [4.78, 5) is 15.9. The predicted molar refractivity (Wildman–Crippen MR) is 266 cm³/mol. The Hall–Kier alpha value is -8.21. The van der Waals surface area contributed by atoms with E-state index >= 15 is 0 Å². The van der Waals surface area contributed by atoms with Crippen molar-refractivity contribution in [2.45, 2.75) is 19.3 Å². The summed E-state index contributed by atoms with van der Waals surface area (Å²) in [6, 6.07) is 70.7. The van der Waals surface area contributed by atoms with Crippen molar-refractivity contribution >= 4 is 70.4 Å². The predicted octanol–water partition coefficient (Wildman–Crippen LogP) is 15.5. The van der Waals surface area contributed by atoms with E-state index in [4.69, 9.17) is 15.0 Å². The molecule has 3 heterocycles. The van der Waals surface area contributed by atoms with Crippen molar-refractivity contribution in [1.82, 2.24) is 19.4 Å². The second-order valence-electron chi connectivity index (χ2n) is 17.9. The van der Waals surface area contributed by atoms with Crippen molar-refractivity contribution < 1.29 is 0 Å². The number of para-hydroxylation sites is 1. The molecule has 0 atom stereocenters. The summed E-state index contributed by atoms with van der Waals surface area (Å²) in [5.41, 5.74) is 14.0. The smallest absolute Gasteiger partial charge is 0.164 e. The van der Waals surface area contributed by atoms with Crippen molar-refractivity contribution in [1.29, 1.82) is 0 Å². The molecule has 0 unspecified atom stereocenters. The zero-order valence-corrected chi connectivity index (χ0v) is 35.3. The SMILES string of the molecule is CC1(C)c2ccccc2-c2c(-c3nc(-c4ccccc4)nc(-c4cccc5c4ccc4ccc(-c6cc7c8cccc9cccc(c98)n8c9ccccc9c(c6)c78)cc45)n3)cccc21. The van der Waals surface area contributed by atoms with Crippen LogP contribution in [0.1, 0.15) is 25.0 Å². The first-order chi connectivity index (χ1) is 31.5. The molecule has 3 aromatic heterocycles. The van der Waals surface area contributed by atoms with Gasteiger partial charge in [-0.2, -0.15) is 0 Å². The normalized spacial score (nSPS) is 13.3. The Labute approximate surface area is 369 Å². The molecule has 1 aliphatic rings. The van der Waals surface area contributed by atoms with Crippen LogP contribution < -0.4 is 0 Å². The van der Waals surface area contributed by atoms with Crippen LogP contribution >= 0.6 is 0 Å². The zero-order valence-electron chi connectivity index (χ0n) is 35.3. The first kappa shape index (κ1) is 35.4. The first-order valence-corrected chi connectivity index (χ1v) is 22.1. The summed E-state index contributed by atoms with van der Waals surface area (Å²) >= 11 is 0. The van der Waals surface area contributed by atoms with Gasteiger partial charge in [0.15, 0.2) is 17.5 Å². The summed E-state index contributed by atoms with van der Waals surface area (Å²) < 4.78 is 2.48. The number of nitrogens with zero attached hydrogens (tertiary/aromatic N) is 4. The number of hydrogen-bond donors (Lipinski definition) is 0. The fourth-order valence-electron chi connectivity index (χ4n) is 11.2. The molecule has 13 aromatic rings. The van der Waals surface area contributed by atoms with E-state index in [-0.39, 0.29) is 5.41 Å². The summed E-state index contributed by atoms with van der Waals surface area (Å²) in [5, 5.41) is 12.3. The van der Waals surface area contributed by atoms with Gasteiger partial charge in [-0.3, -0.25) is 0 Å². The second kappa shape index (κ2) is 12.9. The summed E-state index contributed by atoms with van der Waals surface area (Å²) in [6.45, 7) is 4.63. The van der Waals surface area contributed by atoms with Crippen LogP contribution in [0.3, 0.4) is 0 Å². The Morgan fingerprint density at radius 1 is 0.359 bits per heavy atom. The van der Waals surface area contributed by atoms with Gasteiger partial charge in [0.25, 0.3) is 0 Å². The maximum atomic E-state index is 5.38. The molecule has 0 spiro atoms. The highest BCUT2D eigenvalue weighted by Gasteiger charge is 2.37. The lowest BCUT2D eigenvalue weighted by molar-refractivity contribution is 0.660. The van der Waals surface area contributed by atoms with Crippen LogP contribution in [0.2, 0.25) is 0 Å². The van der Waals surface area contributed by atoms with Crippen LogP contribution in [0, 0.1) is 0 Å². The molecular formula is C60H38N4. The molecule has 0 fully saturated rings. The van der Waals surface area contributed by atoms with Crippen LogP contribution in [0.25, 0.3) is 127 Å². The molecule has 14 rings (SSSR count). The molecule has 0 amide bonds. The monoisotopic (exact) mass is 814 g/mol. The lowest BCUT2D eigenvalue weighted by Gasteiger charge is -2.21. The number of fused-ring (bicyclic) bond motifs is 11. The first-order valence-electron chi connectivity index (χ1n) is 22.1. The zero-order chi connectivity index (χ0) is 42.3. The van der Waals surface area contributed by atoms with Gasteiger partial charge in [0.2, 0.25) is 0 Å². The van der Waals surface area contributed by atoms with Crippen LogP contribution in [0.15, 0.2) is 194 Å². The maximum absolute atomic E-state index is 5.38. The molecular weight excluding hydrogens is 777 g/mol. The Morgan fingerprint density at radius 2 is 0.969 bits per heavy atom. The molecule has 0 N–H and O–H groups in total. The van der Waals surface area contributed by atoms with Crippen molar-refractivity contribution in [3.8, 4) is 56.4 Å². The third-order valence-corrected chi connectivity index (χ3v) is 14.2. The van der Waals surface area contributed by atoms with Gasteiger partial charge in [-0.05, 0) is 96.0 Å². The van der Waals surface area contributed by atoms with Gasteiger partial charge in [0.05, 0.1) is 16.6 Å². The Bertz CT molecular complexity index is 4100. The molecule has 0 saturated carbocycles.